The molecule has 2 aliphatic rings. The number of benzene rings is 1. The summed E-state index contributed by atoms with van der Waals surface area (Å²) in [6.45, 7) is 9.14. The Balaban J connectivity index is 0.00000243. The Morgan fingerprint density at radius 2 is 2.04 bits per heavy atom. The summed E-state index contributed by atoms with van der Waals surface area (Å²) < 4.78 is 11.1. The number of aliphatic imine (C=N–C) groups is 1. The van der Waals surface area contributed by atoms with Crippen LogP contribution in [0.3, 0.4) is 0 Å². The normalized spacial score (nSPS) is 26.3. The fourth-order valence-corrected chi connectivity index (χ4v) is 4.26. The Kier molecular flexibility index (Phi) is 7.19. The molecule has 0 radical (unpaired) electrons. The van der Waals surface area contributed by atoms with Crippen LogP contribution in [0.25, 0.3) is 0 Å². The number of rotatable bonds is 5. The summed E-state index contributed by atoms with van der Waals surface area (Å²) in [6, 6.07) is 8.63. The van der Waals surface area contributed by atoms with Crippen LogP contribution in [0.2, 0.25) is 0 Å². The van der Waals surface area contributed by atoms with Crippen molar-refractivity contribution in [2.75, 3.05) is 27.3 Å². The van der Waals surface area contributed by atoms with Gasteiger partial charge in [0, 0.05) is 44.1 Å². The van der Waals surface area contributed by atoms with E-state index in [1.54, 1.807) is 7.11 Å². The number of nitrogens with zero attached hydrogens (tertiary/aromatic N) is 2. The van der Waals surface area contributed by atoms with Gasteiger partial charge in [0.2, 0.25) is 0 Å². The van der Waals surface area contributed by atoms with Crippen molar-refractivity contribution in [3.63, 3.8) is 0 Å². The van der Waals surface area contributed by atoms with Gasteiger partial charge in [-0.2, -0.15) is 0 Å². The smallest absolute Gasteiger partial charge is 0.194 e. The van der Waals surface area contributed by atoms with Gasteiger partial charge in [0.1, 0.15) is 5.75 Å². The molecule has 1 saturated heterocycles. The number of halogens is 1. The fourth-order valence-electron chi connectivity index (χ4n) is 4.26. The highest BCUT2D eigenvalue weighted by Gasteiger charge is 2.59. The largest absolute Gasteiger partial charge is 0.497 e. The van der Waals surface area contributed by atoms with Crippen LogP contribution in [0, 0.1) is 11.3 Å². The van der Waals surface area contributed by atoms with E-state index in [0.717, 1.165) is 37.8 Å². The monoisotopic (exact) mass is 473 g/mol. The second-order valence-corrected chi connectivity index (χ2v) is 7.69. The predicted octanol–water partition coefficient (Wildman–Crippen LogP) is 3.52. The van der Waals surface area contributed by atoms with Crippen LogP contribution in [0.4, 0.5) is 0 Å². The summed E-state index contributed by atoms with van der Waals surface area (Å²) in [4.78, 5) is 6.92. The molecule has 5 nitrogen and oxygen atoms in total. The first kappa shape index (κ1) is 21.3. The zero-order valence-corrected chi connectivity index (χ0v) is 18.8. The van der Waals surface area contributed by atoms with Crippen LogP contribution in [-0.4, -0.2) is 50.3 Å². The minimum Gasteiger partial charge on any atom is -0.497 e. The number of ether oxygens (including phenoxy) is 2. The third-order valence-electron chi connectivity index (χ3n) is 5.63. The molecule has 26 heavy (non-hydrogen) atoms. The van der Waals surface area contributed by atoms with Gasteiger partial charge in [-0.25, -0.2) is 0 Å². The van der Waals surface area contributed by atoms with Gasteiger partial charge in [0.25, 0.3) is 0 Å². The zero-order chi connectivity index (χ0) is 18.0. The first-order chi connectivity index (χ1) is 12.0. The van der Waals surface area contributed by atoms with E-state index in [-0.39, 0.29) is 29.4 Å². The van der Waals surface area contributed by atoms with E-state index in [0.29, 0.717) is 18.1 Å². The molecular formula is C20H32IN3O2. The molecule has 0 aromatic heterocycles. The van der Waals surface area contributed by atoms with Gasteiger partial charge < -0.3 is 19.7 Å². The van der Waals surface area contributed by atoms with E-state index in [1.165, 1.54) is 5.56 Å². The van der Waals surface area contributed by atoms with Crippen molar-refractivity contribution in [2.24, 2.45) is 16.3 Å². The van der Waals surface area contributed by atoms with E-state index >= 15 is 0 Å². The quantitative estimate of drug-likeness (QED) is 0.404. The maximum Gasteiger partial charge on any atom is 0.194 e. The van der Waals surface area contributed by atoms with E-state index in [1.807, 2.05) is 12.1 Å². The second-order valence-electron chi connectivity index (χ2n) is 7.69. The number of fused-ring (bicyclic) bond motifs is 1. The van der Waals surface area contributed by atoms with Gasteiger partial charge in [0.05, 0.1) is 13.2 Å². The molecule has 1 aromatic carbocycles. The molecule has 1 N–H and O–H groups in total. The van der Waals surface area contributed by atoms with E-state index < -0.39 is 0 Å². The van der Waals surface area contributed by atoms with Crippen molar-refractivity contribution in [3.8, 4) is 5.75 Å². The molecule has 3 rings (SSSR count). The third-order valence-corrected chi connectivity index (χ3v) is 5.63. The van der Waals surface area contributed by atoms with Gasteiger partial charge in [-0.15, -0.1) is 24.0 Å². The Bertz CT molecular complexity index is 618. The summed E-state index contributed by atoms with van der Waals surface area (Å²) in [5.41, 5.74) is 1.39. The van der Waals surface area contributed by atoms with Crippen LogP contribution in [0.5, 0.6) is 5.75 Å². The summed E-state index contributed by atoms with van der Waals surface area (Å²) in [5.74, 6) is 2.46. The Morgan fingerprint density at radius 3 is 2.65 bits per heavy atom. The van der Waals surface area contributed by atoms with Crippen molar-refractivity contribution in [1.29, 1.82) is 0 Å². The molecule has 0 spiro atoms. The fraction of sp³-hybridized carbons (Fsp3) is 0.650. The molecule has 1 saturated carbocycles. The van der Waals surface area contributed by atoms with Gasteiger partial charge in [-0.3, -0.25) is 4.99 Å². The molecular weight excluding hydrogens is 441 g/mol. The maximum atomic E-state index is 5.91. The Morgan fingerprint density at radius 1 is 1.35 bits per heavy atom. The molecule has 1 aromatic rings. The van der Waals surface area contributed by atoms with Gasteiger partial charge >= 0.3 is 0 Å². The second kappa shape index (κ2) is 8.78. The molecule has 3 unspecified atom stereocenters. The molecule has 0 bridgehead atoms. The molecule has 3 atom stereocenters. The van der Waals surface area contributed by atoms with E-state index in [9.17, 15) is 0 Å². The number of guanidine groups is 1. The molecule has 2 fully saturated rings. The highest BCUT2D eigenvalue weighted by Crippen LogP contribution is 2.52. The summed E-state index contributed by atoms with van der Waals surface area (Å²) in [6.07, 6.45) is 1.53. The summed E-state index contributed by atoms with van der Waals surface area (Å²) >= 11 is 0. The van der Waals surface area contributed by atoms with Crippen LogP contribution < -0.4 is 10.1 Å². The predicted molar refractivity (Wildman–Crippen MR) is 116 cm³/mol. The minimum atomic E-state index is 0. The first-order valence-corrected chi connectivity index (χ1v) is 9.24. The molecule has 0 amide bonds. The van der Waals surface area contributed by atoms with Crippen molar-refractivity contribution in [1.82, 2.24) is 10.2 Å². The molecule has 6 heteroatoms. The van der Waals surface area contributed by atoms with Crippen LogP contribution in [-0.2, 0) is 11.3 Å². The lowest BCUT2D eigenvalue weighted by Crippen LogP contribution is -2.67. The number of methoxy groups -OCH3 is 1. The summed E-state index contributed by atoms with van der Waals surface area (Å²) in [5, 5.41) is 3.73. The molecule has 146 valence electrons. The average molecular weight is 473 g/mol. The van der Waals surface area contributed by atoms with Crippen molar-refractivity contribution in [3.05, 3.63) is 29.8 Å². The SMILES string of the molecule is CCN=C(NC1C2CCOC2C1(C)C)N(C)Cc1ccc(OC)cc1.I. The molecule has 1 heterocycles. The van der Waals surface area contributed by atoms with Gasteiger partial charge in [0.15, 0.2) is 5.96 Å². The van der Waals surface area contributed by atoms with Crippen molar-refractivity contribution in [2.45, 2.75) is 45.9 Å². The van der Waals surface area contributed by atoms with E-state index in [2.05, 4.69) is 50.2 Å². The van der Waals surface area contributed by atoms with E-state index in [4.69, 9.17) is 14.5 Å². The number of hydrogen-bond donors (Lipinski definition) is 1. The van der Waals surface area contributed by atoms with Gasteiger partial charge in [-0.1, -0.05) is 26.0 Å². The van der Waals surface area contributed by atoms with Crippen LogP contribution in [0.1, 0.15) is 32.8 Å². The number of nitrogens with one attached hydrogen (secondary N) is 1. The topological polar surface area (TPSA) is 46.1 Å². The van der Waals surface area contributed by atoms with Crippen LogP contribution in [0.15, 0.2) is 29.3 Å². The van der Waals surface area contributed by atoms with Crippen molar-refractivity contribution < 1.29 is 9.47 Å². The summed E-state index contributed by atoms with van der Waals surface area (Å²) in [7, 11) is 3.79. The lowest BCUT2D eigenvalue weighted by molar-refractivity contribution is -0.107. The third kappa shape index (κ3) is 4.11. The lowest BCUT2D eigenvalue weighted by Gasteiger charge is -2.55. The Hall–Kier alpha value is -1.02. The maximum absolute atomic E-state index is 5.91. The standard InChI is InChI=1S/C20H31N3O2.HI/c1-6-21-19(22-17-16-11-12-25-18(16)20(17,2)3)23(4)13-14-7-9-15(24-5)10-8-14;/h7-10,16-18H,6,11-13H2,1-5H3,(H,21,22);1H. The highest BCUT2D eigenvalue weighted by molar-refractivity contribution is 14.0. The lowest BCUT2D eigenvalue weighted by atomic mass is 9.57. The highest BCUT2D eigenvalue weighted by atomic mass is 127. The molecule has 1 aliphatic carbocycles. The molecule has 1 aliphatic heterocycles. The van der Waals surface area contributed by atoms with Gasteiger partial charge in [-0.05, 0) is 31.0 Å². The zero-order valence-electron chi connectivity index (χ0n) is 16.5. The first-order valence-electron chi connectivity index (χ1n) is 9.24. The Labute approximate surface area is 174 Å². The minimum absolute atomic E-state index is 0. The van der Waals surface area contributed by atoms with Crippen molar-refractivity contribution >= 4 is 29.9 Å². The number of hydrogen-bond acceptors (Lipinski definition) is 3. The average Bonchev–Trinajstić information content (AvgIpc) is 3.06. The van der Waals surface area contributed by atoms with Crippen LogP contribution >= 0.6 is 24.0 Å².